The number of thioether (sulfide) groups is 1. The van der Waals surface area contributed by atoms with Gasteiger partial charge in [-0.25, -0.2) is 0 Å². The molecule has 0 saturated heterocycles. The van der Waals surface area contributed by atoms with Crippen molar-refractivity contribution in [1.82, 2.24) is 20.2 Å². The van der Waals surface area contributed by atoms with Gasteiger partial charge in [-0.15, -0.1) is 13.9 Å². The molecule has 110 valence electrons. The van der Waals surface area contributed by atoms with Gasteiger partial charge in [0.1, 0.15) is 0 Å². The Labute approximate surface area is 119 Å². The molecule has 1 aliphatic heterocycles. The first-order valence-electron chi connectivity index (χ1n) is 5.48. The summed E-state index contributed by atoms with van der Waals surface area (Å²) in [5.41, 5.74) is 0.341. The highest BCUT2D eigenvalue weighted by Gasteiger charge is 2.43. The van der Waals surface area contributed by atoms with Crippen molar-refractivity contribution in [1.29, 1.82) is 0 Å². The van der Waals surface area contributed by atoms with Gasteiger partial charge in [0.15, 0.2) is 11.5 Å². The average Bonchev–Trinajstić information content (AvgIpc) is 2.96. The van der Waals surface area contributed by atoms with E-state index >= 15 is 0 Å². The molecular weight excluding hydrogens is 310 g/mol. The predicted molar refractivity (Wildman–Crippen MR) is 63.7 cm³/mol. The molecule has 0 amide bonds. The summed E-state index contributed by atoms with van der Waals surface area (Å²) >= 11 is 0.897. The molecule has 21 heavy (non-hydrogen) atoms. The lowest BCUT2D eigenvalue weighted by molar-refractivity contribution is -0.286. The first-order valence-corrected chi connectivity index (χ1v) is 6.46. The van der Waals surface area contributed by atoms with Crippen molar-refractivity contribution in [2.45, 2.75) is 11.5 Å². The second-order valence-electron chi connectivity index (χ2n) is 3.85. The van der Waals surface area contributed by atoms with Crippen molar-refractivity contribution in [2.75, 3.05) is 5.75 Å². The Hall–Kier alpha value is -2.43. The van der Waals surface area contributed by atoms with Crippen LogP contribution in [0.1, 0.15) is 0 Å². The molecular formula is C10H6F2N4O4S. The Morgan fingerprint density at radius 3 is 2.90 bits per heavy atom. The first kappa shape index (κ1) is 13.5. The number of tetrazole rings is 1. The molecule has 8 nitrogen and oxygen atoms in total. The number of hydrogen-bond donors (Lipinski definition) is 1. The lowest BCUT2D eigenvalue weighted by Gasteiger charge is -2.04. The van der Waals surface area contributed by atoms with Crippen molar-refractivity contribution >= 4 is 17.7 Å². The maximum absolute atomic E-state index is 12.9. The SMILES string of the molecule is O=C(O)CSc1nnnn1-c1ccc2c(c1)OC(F)(F)O2. The van der Waals surface area contributed by atoms with Gasteiger partial charge in [-0.1, -0.05) is 11.8 Å². The number of rotatable bonds is 4. The number of aromatic nitrogens is 4. The summed E-state index contributed by atoms with van der Waals surface area (Å²) in [7, 11) is 0. The molecule has 11 heteroatoms. The molecule has 1 aliphatic rings. The van der Waals surface area contributed by atoms with Crippen LogP contribution in [-0.4, -0.2) is 43.3 Å². The molecule has 0 spiro atoms. The van der Waals surface area contributed by atoms with E-state index in [-0.39, 0.29) is 22.4 Å². The third-order valence-corrected chi connectivity index (χ3v) is 3.30. The summed E-state index contributed by atoms with van der Waals surface area (Å²) in [5, 5.41) is 19.6. The van der Waals surface area contributed by atoms with E-state index in [9.17, 15) is 13.6 Å². The predicted octanol–water partition coefficient (Wildman–Crippen LogP) is 1.16. The van der Waals surface area contributed by atoms with Crippen molar-refractivity contribution in [3.8, 4) is 17.2 Å². The number of halogens is 2. The van der Waals surface area contributed by atoms with Crippen LogP contribution in [0.4, 0.5) is 8.78 Å². The largest absolute Gasteiger partial charge is 0.586 e. The number of fused-ring (bicyclic) bond motifs is 1. The van der Waals surface area contributed by atoms with E-state index in [4.69, 9.17) is 5.11 Å². The number of alkyl halides is 2. The third-order valence-electron chi connectivity index (χ3n) is 2.40. The maximum atomic E-state index is 12.9. The van der Waals surface area contributed by atoms with Crippen molar-refractivity contribution in [2.24, 2.45) is 0 Å². The van der Waals surface area contributed by atoms with Crippen LogP contribution in [0.25, 0.3) is 5.69 Å². The highest BCUT2D eigenvalue weighted by Crippen LogP contribution is 2.41. The number of aliphatic carboxylic acids is 1. The summed E-state index contributed by atoms with van der Waals surface area (Å²) < 4.78 is 35.7. The van der Waals surface area contributed by atoms with E-state index in [0.29, 0.717) is 5.69 Å². The van der Waals surface area contributed by atoms with E-state index in [0.717, 1.165) is 11.8 Å². The minimum absolute atomic E-state index is 0.100. The van der Waals surface area contributed by atoms with E-state index in [1.807, 2.05) is 0 Å². The molecule has 0 atom stereocenters. The molecule has 2 aromatic rings. The monoisotopic (exact) mass is 316 g/mol. The van der Waals surface area contributed by atoms with Gasteiger partial charge in [0.2, 0.25) is 5.16 Å². The van der Waals surface area contributed by atoms with E-state index in [2.05, 4.69) is 25.0 Å². The molecule has 2 heterocycles. The van der Waals surface area contributed by atoms with E-state index < -0.39 is 12.3 Å². The van der Waals surface area contributed by atoms with Gasteiger partial charge < -0.3 is 14.6 Å². The quantitative estimate of drug-likeness (QED) is 0.839. The molecule has 0 radical (unpaired) electrons. The second kappa shape index (κ2) is 4.84. The zero-order valence-corrected chi connectivity index (χ0v) is 10.9. The van der Waals surface area contributed by atoms with E-state index in [1.54, 1.807) is 0 Å². The average molecular weight is 316 g/mol. The molecule has 1 aromatic heterocycles. The minimum atomic E-state index is -3.71. The normalized spacial score (nSPS) is 15.1. The summed E-state index contributed by atoms with van der Waals surface area (Å²) in [6, 6.07) is 4.01. The Bertz CT molecular complexity index is 708. The standard InChI is InChI=1S/C10H6F2N4O4S/c11-10(12)19-6-2-1-5(3-7(6)20-10)16-9(13-14-15-16)21-4-8(17)18/h1-3H,4H2,(H,17,18). The van der Waals surface area contributed by atoms with Gasteiger partial charge >= 0.3 is 12.3 Å². The zero-order chi connectivity index (χ0) is 15.0. The molecule has 1 N–H and O–H groups in total. The van der Waals surface area contributed by atoms with Crippen LogP contribution < -0.4 is 9.47 Å². The Morgan fingerprint density at radius 1 is 1.38 bits per heavy atom. The van der Waals surface area contributed by atoms with Crippen LogP contribution in [-0.2, 0) is 4.79 Å². The van der Waals surface area contributed by atoms with Crippen molar-refractivity contribution in [3.63, 3.8) is 0 Å². The summed E-state index contributed by atoms with van der Waals surface area (Å²) in [5.74, 6) is -1.51. The van der Waals surface area contributed by atoms with Gasteiger partial charge in [0.25, 0.3) is 0 Å². The Kier molecular flexibility index (Phi) is 3.12. The van der Waals surface area contributed by atoms with Gasteiger partial charge in [0, 0.05) is 6.07 Å². The van der Waals surface area contributed by atoms with Crippen molar-refractivity contribution in [3.05, 3.63) is 18.2 Å². The molecule has 0 fully saturated rings. The lowest BCUT2D eigenvalue weighted by atomic mass is 10.3. The summed E-state index contributed by atoms with van der Waals surface area (Å²) in [6.07, 6.45) is -3.71. The Morgan fingerprint density at radius 2 is 2.14 bits per heavy atom. The molecule has 0 bridgehead atoms. The number of ether oxygens (including phenoxy) is 2. The summed E-state index contributed by atoms with van der Waals surface area (Å²) in [4.78, 5) is 10.5. The highest BCUT2D eigenvalue weighted by molar-refractivity contribution is 7.99. The van der Waals surface area contributed by atoms with Crippen LogP contribution in [0.2, 0.25) is 0 Å². The topological polar surface area (TPSA) is 99.4 Å². The number of carboxylic acids is 1. The number of carbonyl (C=O) groups is 1. The minimum Gasteiger partial charge on any atom is -0.481 e. The highest BCUT2D eigenvalue weighted by atomic mass is 32.2. The molecule has 0 saturated carbocycles. The third kappa shape index (κ3) is 2.72. The molecule has 0 unspecified atom stereocenters. The molecule has 3 rings (SSSR count). The number of hydrogen-bond acceptors (Lipinski definition) is 7. The summed E-state index contributed by atoms with van der Waals surface area (Å²) in [6.45, 7) is 0. The van der Waals surface area contributed by atoms with Gasteiger partial charge in [-0.3, -0.25) is 4.79 Å². The fourth-order valence-electron chi connectivity index (χ4n) is 1.63. The van der Waals surface area contributed by atoms with E-state index in [1.165, 1.54) is 22.9 Å². The van der Waals surface area contributed by atoms with Crippen LogP contribution in [0.15, 0.2) is 23.4 Å². The zero-order valence-electron chi connectivity index (χ0n) is 10.1. The molecule has 1 aromatic carbocycles. The maximum Gasteiger partial charge on any atom is 0.586 e. The Balaban J connectivity index is 1.89. The van der Waals surface area contributed by atoms with Crippen molar-refractivity contribution < 1.29 is 28.2 Å². The smallest absolute Gasteiger partial charge is 0.481 e. The van der Waals surface area contributed by atoms with Gasteiger partial charge in [-0.2, -0.15) is 4.68 Å². The first-order chi connectivity index (χ1) is 9.94. The number of benzene rings is 1. The number of nitrogens with zero attached hydrogens (tertiary/aromatic N) is 4. The fraction of sp³-hybridized carbons (Fsp3) is 0.200. The van der Waals surface area contributed by atoms with Crippen LogP contribution >= 0.6 is 11.8 Å². The van der Waals surface area contributed by atoms with Crippen LogP contribution in [0.3, 0.4) is 0 Å². The van der Waals surface area contributed by atoms with Crippen LogP contribution in [0, 0.1) is 0 Å². The van der Waals surface area contributed by atoms with Crippen LogP contribution in [0.5, 0.6) is 11.5 Å². The number of carboxylic acid groups (broad SMARTS) is 1. The lowest BCUT2D eigenvalue weighted by Crippen LogP contribution is -2.25. The second-order valence-corrected chi connectivity index (χ2v) is 4.80. The van der Waals surface area contributed by atoms with Gasteiger partial charge in [-0.05, 0) is 22.6 Å². The molecule has 0 aliphatic carbocycles. The van der Waals surface area contributed by atoms with Gasteiger partial charge in [0.05, 0.1) is 11.4 Å². The fourth-order valence-corrected chi connectivity index (χ4v) is 2.24.